The number of rotatable bonds is 2. The van der Waals surface area contributed by atoms with Gasteiger partial charge in [-0.25, -0.2) is 0 Å². The van der Waals surface area contributed by atoms with Gasteiger partial charge in [-0.05, 0) is 146 Å². The Morgan fingerprint density at radius 2 is 0.423 bits per heavy atom. The Morgan fingerprint density at radius 3 is 0.654 bits per heavy atom. The maximum atomic E-state index is 2.58. The van der Waals surface area contributed by atoms with Gasteiger partial charge in [0.1, 0.15) is 0 Å². The Labute approximate surface area is 480 Å². The van der Waals surface area contributed by atoms with E-state index < -0.39 is 0 Å². The highest BCUT2D eigenvalue weighted by molar-refractivity contribution is 7.26. The summed E-state index contributed by atoms with van der Waals surface area (Å²) in [5, 5.41) is 13.4. The molecule has 12 aromatic rings. The minimum atomic E-state index is -0.170. The normalized spacial score (nSPS) is 18.4. The van der Waals surface area contributed by atoms with Crippen LogP contribution in [0.15, 0.2) is 120 Å². The molecule has 0 spiro atoms. The highest BCUT2D eigenvalue weighted by Gasteiger charge is 2.46. The topological polar surface area (TPSA) is 0 Å². The number of fused-ring (bicyclic) bond motifs is 12. The predicted octanol–water partition coefficient (Wildman–Crippen LogP) is 22.7. The van der Waals surface area contributed by atoms with Crippen LogP contribution in [0.25, 0.3) is 114 Å². The monoisotopic (exact) mass is 1110 g/mol. The van der Waals surface area contributed by atoms with Gasteiger partial charge in [0.25, 0.3) is 0 Å². The fraction of sp³-hybridized carbons (Fsp3) is 0.250. The van der Waals surface area contributed by atoms with Crippen LogP contribution in [0.1, 0.15) is 150 Å². The third-order valence-corrected chi connectivity index (χ3v) is 27.7. The molecule has 6 aliphatic carbocycles. The fourth-order valence-electron chi connectivity index (χ4n) is 16.3. The van der Waals surface area contributed by atoms with Crippen molar-refractivity contribution in [2.75, 3.05) is 0 Å². The van der Waals surface area contributed by atoms with E-state index in [1.807, 2.05) is 68.0 Å². The first-order valence-electron chi connectivity index (χ1n) is 27.8. The second-order valence-corrected chi connectivity index (χ2v) is 32.7. The molecule has 0 amide bonds. The zero-order chi connectivity index (χ0) is 53.0. The average molecular weight is 1110 g/mol. The Balaban J connectivity index is 0.765. The summed E-state index contributed by atoms with van der Waals surface area (Å²) < 4.78 is 0. The van der Waals surface area contributed by atoms with Crippen LogP contribution in [0.2, 0.25) is 0 Å². The number of hydrogen-bond acceptors (Lipinski definition) is 6. The summed E-state index contributed by atoms with van der Waals surface area (Å²) in [6.07, 6.45) is 0. The van der Waals surface area contributed by atoms with Crippen LogP contribution < -0.4 is 0 Å². The van der Waals surface area contributed by atoms with Gasteiger partial charge in [-0.1, -0.05) is 156 Å². The molecule has 0 atom stereocenters. The van der Waals surface area contributed by atoms with Crippen LogP contribution in [0.3, 0.4) is 0 Å². The molecule has 78 heavy (non-hydrogen) atoms. The molecule has 6 heterocycles. The first-order valence-corrected chi connectivity index (χ1v) is 32.8. The van der Waals surface area contributed by atoms with Gasteiger partial charge in [0, 0.05) is 115 Å². The second kappa shape index (κ2) is 14.1. The van der Waals surface area contributed by atoms with E-state index in [9.17, 15) is 0 Å². The molecule has 380 valence electrons. The Kier molecular flexibility index (Phi) is 8.31. The van der Waals surface area contributed by atoms with Crippen LogP contribution >= 0.6 is 68.0 Å². The molecule has 0 N–H and O–H groups in total. The van der Waals surface area contributed by atoms with Crippen LogP contribution in [-0.2, 0) is 32.5 Å². The van der Waals surface area contributed by atoms with Crippen molar-refractivity contribution < 1.29 is 0 Å². The highest BCUT2D eigenvalue weighted by Crippen LogP contribution is 2.65. The van der Waals surface area contributed by atoms with Crippen molar-refractivity contribution in [3.8, 4) is 82.2 Å². The minimum Gasteiger partial charge on any atom is -0.143 e. The highest BCUT2D eigenvalue weighted by atomic mass is 32.1. The number of benzene rings is 6. The van der Waals surface area contributed by atoms with E-state index >= 15 is 0 Å². The average Bonchev–Trinajstić information content (AvgIpc) is 2.44. The Hall–Kier alpha value is -5.70. The molecule has 6 aromatic carbocycles. The van der Waals surface area contributed by atoms with Crippen LogP contribution in [0, 0.1) is 0 Å². The van der Waals surface area contributed by atoms with Crippen molar-refractivity contribution in [3.63, 3.8) is 0 Å². The summed E-state index contributed by atoms with van der Waals surface area (Å²) >= 11 is 11.9. The standard InChI is InChI=1S/C72H56S6/c1-67(2)39-21-15-35-57-41(19-13-33(55(39)57)61-45(67)25-27-73-61)69(5,6)47-29-51(75-63(35)47)53-31-49-65(77-53)37-17-23-44-60-38(18-24-43(59(37)60)71(49,9)10)66-50(72(44,11)12)32-54(78-66)52-30-48-64(76-52)36-16-22-40-56-34(14-20-42(58(36)56)70(48,7)8)62-46(26-28-74-62)68(40,3)4/h13-32H,1-12H3. The van der Waals surface area contributed by atoms with E-state index in [2.05, 4.69) is 203 Å². The fourth-order valence-corrected chi connectivity index (χ4v) is 24.1. The molecule has 0 bridgehead atoms. The van der Waals surface area contributed by atoms with Gasteiger partial charge in [-0.15, -0.1) is 68.0 Å². The van der Waals surface area contributed by atoms with Crippen molar-refractivity contribution in [1.29, 1.82) is 0 Å². The molecule has 0 fully saturated rings. The van der Waals surface area contributed by atoms with Crippen molar-refractivity contribution in [2.24, 2.45) is 0 Å². The lowest BCUT2D eigenvalue weighted by atomic mass is 9.65. The van der Waals surface area contributed by atoms with Crippen LogP contribution in [-0.4, -0.2) is 0 Å². The van der Waals surface area contributed by atoms with Gasteiger partial charge in [0.05, 0.1) is 0 Å². The van der Waals surface area contributed by atoms with Crippen LogP contribution in [0.4, 0.5) is 0 Å². The van der Waals surface area contributed by atoms with Crippen molar-refractivity contribution in [1.82, 2.24) is 0 Å². The lowest BCUT2D eigenvalue weighted by Crippen LogP contribution is -2.26. The van der Waals surface area contributed by atoms with Crippen molar-refractivity contribution in [2.45, 2.75) is 116 Å². The molecule has 6 aromatic heterocycles. The Morgan fingerprint density at radius 1 is 0.218 bits per heavy atom. The molecule has 0 radical (unpaired) electrons. The second-order valence-electron chi connectivity index (χ2n) is 26.7. The zero-order valence-electron chi connectivity index (χ0n) is 46.0. The van der Waals surface area contributed by atoms with Gasteiger partial charge in [-0.3, -0.25) is 0 Å². The molecule has 0 nitrogen and oxygen atoms in total. The summed E-state index contributed by atoms with van der Waals surface area (Å²) in [4.78, 5) is 14.2. The molecule has 0 saturated heterocycles. The smallest absolute Gasteiger partial charge is 0.0452 e. The number of thiophene rings is 6. The van der Waals surface area contributed by atoms with Gasteiger partial charge >= 0.3 is 0 Å². The van der Waals surface area contributed by atoms with E-state index in [0.717, 1.165) is 0 Å². The molecule has 6 aliphatic rings. The first kappa shape index (κ1) is 46.1. The SMILES string of the molecule is CC1(C)c2ccsc2-c2ccc3c4c(ccc1c24)-c1sc(-c2cc4c(s2)-c2ccc5c6c(ccc(c26)C4(C)C)-c2sc(-c4cc6c(s4)-c4ccc7c8c(ccc(c48)C6(C)C)-c4sccc4C7(C)C)cc2C5(C)C)cc1C3(C)C. The van der Waals surface area contributed by atoms with Crippen LogP contribution in [0.5, 0.6) is 0 Å². The lowest BCUT2D eigenvalue weighted by Gasteiger charge is -2.38. The van der Waals surface area contributed by atoms with Gasteiger partial charge in [0.2, 0.25) is 0 Å². The van der Waals surface area contributed by atoms with E-state index in [-0.39, 0.29) is 32.5 Å². The Bertz CT molecular complexity index is 4540. The summed E-state index contributed by atoms with van der Waals surface area (Å²) in [7, 11) is 0. The van der Waals surface area contributed by atoms with Gasteiger partial charge in [0.15, 0.2) is 0 Å². The summed E-state index contributed by atoms with van der Waals surface area (Å²) in [5.74, 6) is 0. The quantitative estimate of drug-likeness (QED) is 0.162. The van der Waals surface area contributed by atoms with E-state index in [1.54, 1.807) is 0 Å². The predicted molar refractivity (Wildman–Crippen MR) is 342 cm³/mol. The molecular formula is C72H56S6. The summed E-state index contributed by atoms with van der Waals surface area (Å²) in [5.41, 5.74) is 25.3. The minimum absolute atomic E-state index is 0.0420. The third-order valence-electron chi connectivity index (χ3n) is 20.8. The van der Waals surface area contributed by atoms with Crippen molar-refractivity contribution >= 4 is 100 Å². The molecule has 6 heteroatoms. The summed E-state index contributed by atoms with van der Waals surface area (Å²) in [6, 6.07) is 44.8. The first-order chi connectivity index (χ1) is 37.2. The maximum absolute atomic E-state index is 2.58. The largest absolute Gasteiger partial charge is 0.143 e. The lowest BCUT2D eigenvalue weighted by molar-refractivity contribution is 0.640. The zero-order valence-corrected chi connectivity index (χ0v) is 50.9. The number of hydrogen-bond donors (Lipinski definition) is 0. The molecule has 18 rings (SSSR count). The molecular weight excluding hydrogens is 1060 g/mol. The van der Waals surface area contributed by atoms with Crippen molar-refractivity contribution in [3.05, 3.63) is 187 Å². The van der Waals surface area contributed by atoms with Gasteiger partial charge in [-0.2, -0.15) is 0 Å². The van der Waals surface area contributed by atoms with E-state index in [1.165, 1.54) is 181 Å². The maximum Gasteiger partial charge on any atom is 0.0452 e. The molecule has 0 aliphatic heterocycles. The third kappa shape index (κ3) is 5.14. The van der Waals surface area contributed by atoms with Gasteiger partial charge < -0.3 is 0 Å². The molecule has 0 saturated carbocycles. The van der Waals surface area contributed by atoms with E-state index in [4.69, 9.17) is 0 Å². The summed E-state index contributed by atoms with van der Waals surface area (Å²) in [6.45, 7) is 29.6. The van der Waals surface area contributed by atoms with E-state index in [0.29, 0.717) is 0 Å². The molecule has 0 unspecified atom stereocenters.